The fourth-order valence-electron chi connectivity index (χ4n) is 1.10. The molecule has 1 fully saturated rings. The second-order valence-electron chi connectivity index (χ2n) is 3.07. The van der Waals surface area contributed by atoms with Crippen molar-refractivity contribution < 1.29 is 14.3 Å². The molecule has 4 heteroatoms. The normalized spacial score (nSPS) is 33.0. The van der Waals surface area contributed by atoms with Crippen molar-refractivity contribution in [2.45, 2.75) is 31.9 Å². The molecule has 0 unspecified atom stereocenters. The van der Waals surface area contributed by atoms with Gasteiger partial charge in [0.1, 0.15) is 6.04 Å². The summed E-state index contributed by atoms with van der Waals surface area (Å²) in [4.78, 5) is 11.1. The average Bonchev–Trinajstić information content (AvgIpc) is 2.07. The number of nitrogens with two attached hydrogens (primary N) is 1. The zero-order chi connectivity index (χ0) is 8.97. The Morgan fingerprint density at radius 2 is 2.33 bits per heavy atom. The van der Waals surface area contributed by atoms with Crippen LogP contribution < -0.4 is 5.73 Å². The number of hydrogen-bond donors (Lipinski definition) is 1. The van der Waals surface area contributed by atoms with Gasteiger partial charge in [0.2, 0.25) is 0 Å². The van der Waals surface area contributed by atoms with Gasteiger partial charge in [-0.05, 0) is 19.8 Å². The molecule has 1 saturated heterocycles. The van der Waals surface area contributed by atoms with Gasteiger partial charge in [0.25, 0.3) is 0 Å². The highest BCUT2D eigenvalue weighted by atomic mass is 16.5. The van der Waals surface area contributed by atoms with Gasteiger partial charge in [0.05, 0.1) is 12.7 Å². The van der Waals surface area contributed by atoms with E-state index in [2.05, 4.69) is 0 Å². The Morgan fingerprint density at radius 3 is 3.08 bits per heavy atom. The number of ether oxygens (including phenoxy) is 2. The first-order valence-corrected chi connectivity index (χ1v) is 4.24. The third kappa shape index (κ3) is 2.79. The average molecular weight is 173 g/mol. The molecule has 0 spiro atoms. The van der Waals surface area contributed by atoms with Crippen molar-refractivity contribution in [3.63, 3.8) is 0 Å². The first kappa shape index (κ1) is 9.48. The van der Waals surface area contributed by atoms with Crippen molar-refractivity contribution >= 4 is 5.97 Å². The lowest BCUT2D eigenvalue weighted by atomic mass is 10.2. The Bertz CT molecular complexity index is 160. The molecule has 12 heavy (non-hydrogen) atoms. The minimum atomic E-state index is -0.620. The van der Waals surface area contributed by atoms with Crippen molar-refractivity contribution in [2.75, 3.05) is 13.2 Å². The van der Waals surface area contributed by atoms with E-state index in [-0.39, 0.29) is 18.7 Å². The number of hydrogen-bond acceptors (Lipinski definition) is 4. The van der Waals surface area contributed by atoms with Crippen LogP contribution in [0.1, 0.15) is 19.8 Å². The number of cyclic esters (lactones) is 1. The third-order valence-corrected chi connectivity index (χ3v) is 1.82. The Kier molecular flexibility index (Phi) is 3.49. The summed E-state index contributed by atoms with van der Waals surface area (Å²) in [6.07, 6.45) is 1.73. The SMILES string of the molecule is C[C@H]1CCCOC[C@H](N)C(=O)O1. The minimum Gasteiger partial charge on any atom is -0.461 e. The lowest BCUT2D eigenvalue weighted by molar-refractivity contribution is -0.150. The van der Waals surface area contributed by atoms with E-state index >= 15 is 0 Å². The fraction of sp³-hybridized carbons (Fsp3) is 0.875. The standard InChI is InChI=1S/C8H15NO3/c1-6-3-2-4-11-5-7(9)8(10)12-6/h6-7H,2-5,9H2,1H3/t6-,7-/m0/s1. The third-order valence-electron chi connectivity index (χ3n) is 1.82. The van der Waals surface area contributed by atoms with E-state index in [0.717, 1.165) is 12.8 Å². The van der Waals surface area contributed by atoms with E-state index < -0.39 is 6.04 Å². The molecular formula is C8H15NO3. The summed E-state index contributed by atoms with van der Waals surface area (Å²) in [5.41, 5.74) is 5.48. The summed E-state index contributed by atoms with van der Waals surface area (Å²) in [5, 5.41) is 0. The monoisotopic (exact) mass is 173 g/mol. The van der Waals surface area contributed by atoms with Gasteiger partial charge in [-0.25, -0.2) is 0 Å². The Balaban J connectivity index is 2.46. The van der Waals surface area contributed by atoms with Crippen LogP contribution in [0.2, 0.25) is 0 Å². The fourth-order valence-corrected chi connectivity index (χ4v) is 1.10. The zero-order valence-corrected chi connectivity index (χ0v) is 7.29. The summed E-state index contributed by atoms with van der Waals surface area (Å²) >= 11 is 0. The van der Waals surface area contributed by atoms with E-state index in [4.69, 9.17) is 15.2 Å². The van der Waals surface area contributed by atoms with Crippen molar-refractivity contribution in [1.29, 1.82) is 0 Å². The molecule has 0 aromatic heterocycles. The quantitative estimate of drug-likeness (QED) is 0.526. The molecule has 0 aromatic carbocycles. The number of carbonyl (C=O) groups is 1. The van der Waals surface area contributed by atoms with Gasteiger partial charge in [-0.15, -0.1) is 0 Å². The molecule has 1 heterocycles. The number of esters is 1. The number of rotatable bonds is 0. The lowest BCUT2D eigenvalue weighted by Gasteiger charge is -2.13. The first-order chi connectivity index (χ1) is 5.70. The summed E-state index contributed by atoms with van der Waals surface area (Å²) in [6, 6.07) is -0.620. The maximum Gasteiger partial charge on any atom is 0.325 e. The molecule has 2 N–H and O–H groups in total. The van der Waals surface area contributed by atoms with E-state index in [1.165, 1.54) is 0 Å². The van der Waals surface area contributed by atoms with Gasteiger partial charge in [0.15, 0.2) is 0 Å². The number of carbonyl (C=O) groups excluding carboxylic acids is 1. The smallest absolute Gasteiger partial charge is 0.325 e. The molecule has 0 aliphatic carbocycles. The molecule has 0 saturated carbocycles. The van der Waals surface area contributed by atoms with E-state index in [9.17, 15) is 4.79 Å². The van der Waals surface area contributed by atoms with Crippen LogP contribution in [0, 0.1) is 0 Å². The van der Waals surface area contributed by atoms with Crippen LogP contribution in [-0.2, 0) is 14.3 Å². The second kappa shape index (κ2) is 4.42. The molecule has 1 aliphatic rings. The zero-order valence-electron chi connectivity index (χ0n) is 7.29. The van der Waals surface area contributed by atoms with Crippen LogP contribution >= 0.6 is 0 Å². The Hall–Kier alpha value is -0.610. The van der Waals surface area contributed by atoms with Gasteiger partial charge in [-0.3, -0.25) is 4.79 Å². The van der Waals surface area contributed by atoms with E-state index in [1.807, 2.05) is 6.92 Å². The molecule has 0 amide bonds. The van der Waals surface area contributed by atoms with Crippen molar-refractivity contribution in [2.24, 2.45) is 5.73 Å². The highest BCUT2D eigenvalue weighted by Gasteiger charge is 2.19. The van der Waals surface area contributed by atoms with E-state index in [0.29, 0.717) is 6.61 Å². The summed E-state index contributed by atoms with van der Waals surface area (Å²) in [7, 11) is 0. The summed E-state index contributed by atoms with van der Waals surface area (Å²) in [5.74, 6) is -0.357. The maximum absolute atomic E-state index is 11.1. The van der Waals surface area contributed by atoms with Gasteiger partial charge in [-0.2, -0.15) is 0 Å². The highest BCUT2D eigenvalue weighted by molar-refractivity contribution is 5.75. The molecule has 4 nitrogen and oxygen atoms in total. The summed E-state index contributed by atoms with van der Waals surface area (Å²) in [6.45, 7) is 2.80. The molecule has 1 aliphatic heterocycles. The molecule has 2 atom stereocenters. The van der Waals surface area contributed by atoms with Gasteiger partial charge >= 0.3 is 5.97 Å². The Labute approximate surface area is 72.0 Å². The van der Waals surface area contributed by atoms with Crippen molar-refractivity contribution in [3.05, 3.63) is 0 Å². The van der Waals surface area contributed by atoms with Crippen LogP contribution in [0.25, 0.3) is 0 Å². The second-order valence-corrected chi connectivity index (χ2v) is 3.07. The van der Waals surface area contributed by atoms with Gasteiger partial charge in [0, 0.05) is 6.61 Å². The van der Waals surface area contributed by atoms with Crippen LogP contribution in [0.15, 0.2) is 0 Å². The van der Waals surface area contributed by atoms with Crippen LogP contribution in [0.4, 0.5) is 0 Å². The summed E-state index contributed by atoms with van der Waals surface area (Å²) < 4.78 is 10.2. The topological polar surface area (TPSA) is 61.5 Å². The van der Waals surface area contributed by atoms with Gasteiger partial charge in [-0.1, -0.05) is 0 Å². The largest absolute Gasteiger partial charge is 0.461 e. The van der Waals surface area contributed by atoms with E-state index in [1.54, 1.807) is 0 Å². The molecule has 0 radical (unpaired) electrons. The van der Waals surface area contributed by atoms with Crippen molar-refractivity contribution in [3.8, 4) is 0 Å². The van der Waals surface area contributed by atoms with Crippen LogP contribution in [0.3, 0.4) is 0 Å². The highest BCUT2D eigenvalue weighted by Crippen LogP contribution is 2.06. The molecule has 70 valence electrons. The van der Waals surface area contributed by atoms with Crippen LogP contribution in [0.5, 0.6) is 0 Å². The van der Waals surface area contributed by atoms with Gasteiger partial charge < -0.3 is 15.2 Å². The molecular weight excluding hydrogens is 158 g/mol. The van der Waals surface area contributed by atoms with Crippen LogP contribution in [-0.4, -0.2) is 31.3 Å². The predicted octanol–water partition coefficient (Wildman–Crippen LogP) is 0.0558. The Morgan fingerprint density at radius 1 is 1.58 bits per heavy atom. The molecule has 0 bridgehead atoms. The van der Waals surface area contributed by atoms with Crippen molar-refractivity contribution in [1.82, 2.24) is 0 Å². The first-order valence-electron chi connectivity index (χ1n) is 4.24. The molecule has 0 aromatic rings. The molecule has 1 rings (SSSR count). The minimum absolute atomic E-state index is 0.0368. The predicted molar refractivity (Wildman–Crippen MR) is 43.6 cm³/mol. The lowest BCUT2D eigenvalue weighted by Crippen LogP contribution is -2.37. The maximum atomic E-state index is 11.1.